The van der Waals surface area contributed by atoms with Gasteiger partial charge in [-0.2, -0.15) is 5.06 Å². The molecule has 1 fully saturated rings. The summed E-state index contributed by atoms with van der Waals surface area (Å²) < 4.78 is 10.7. The zero-order valence-electron chi connectivity index (χ0n) is 20.7. The summed E-state index contributed by atoms with van der Waals surface area (Å²) in [4.78, 5) is 31.9. The first kappa shape index (κ1) is 24.0. The summed E-state index contributed by atoms with van der Waals surface area (Å²) in [6.07, 6.45) is 2.68. The smallest absolute Gasteiger partial charge is 0.177 e. The van der Waals surface area contributed by atoms with Gasteiger partial charge in [0, 0.05) is 25.0 Å². The second-order valence-corrected chi connectivity index (χ2v) is 8.97. The van der Waals surface area contributed by atoms with E-state index in [0.717, 1.165) is 34.0 Å². The number of H-pyrrole nitrogens is 1. The Morgan fingerprint density at radius 2 is 1.64 bits per heavy atom. The number of hydrogen-bond donors (Lipinski definition) is 1. The summed E-state index contributed by atoms with van der Waals surface area (Å²) in [5.41, 5.74) is 3.60. The minimum atomic E-state index is -0.249. The van der Waals surface area contributed by atoms with Crippen LogP contribution in [0.1, 0.15) is 42.4 Å². The van der Waals surface area contributed by atoms with Crippen molar-refractivity contribution in [3.05, 3.63) is 83.8 Å². The molecule has 186 valence electrons. The number of methoxy groups -OCH3 is 2. The van der Waals surface area contributed by atoms with Crippen LogP contribution in [-0.2, 0) is 16.1 Å². The highest BCUT2D eigenvalue weighted by Crippen LogP contribution is 2.44. The molecule has 8 heteroatoms. The molecule has 4 aromatic rings. The molecule has 2 aromatic heterocycles. The molecule has 3 atom stereocenters. The van der Waals surface area contributed by atoms with Gasteiger partial charge in [-0.15, -0.1) is 0 Å². The van der Waals surface area contributed by atoms with E-state index >= 15 is 0 Å². The fraction of sp³-hybridized carbons (Fsp3) is 0.321. The molecule has 1 N–H and O–H groups in total. The normalized spacial score (nSPS) is 20.5. The number of imidazole rings is 1. The highest BCUT2D eigenvalue weighted by molar-refractivity contribution is 5.83. The first-order chi connectivity index (χ1) is 17.6. The number of aromatic nitrogens is 3. The van der Waals surface area contributed by atoms with E-state index in [4.69, 9.17) is 14.3 Å². The third-order valence-corrected chi connectivity index (χ3v) is 6.80. The molecule has 0 radical (unpaired) electrons. The van der Waals surface area contributed by atoms with Gasteiger partial charge in [0.2, 0.25) is 0 Å². The van der Waals surface area contributed by atoms with Gasteiger partial charge in [0.05, 0.1) is 38.4 Å². The van der Waals surface area contributed by atoms with Crippen molar-refractivity contribution in [3.63, 3.8) is 0 Å². The summed E-state index contributed by atoms with van der Waals surface area (Å²) >= 11 is 0. The van der Waals surface area contributed by atoms with Crippen LogP contribution in [0.3, 0.4) is 0 Å². The third kappa shape index (κ3) is 4.82. The van der Waals surface area contributed by atoms with Crippen molar-refractivity contribution in [3.8, 4) is 11.5 Å². The number of nitrogens with one attached hydrogen (secondary N) is 1. The van der Waals surface area contributed by atoms with E-state index < -0.39 is 0 Å². The van der Waals surface area contributed by atoms with Crippen molar-refractivity contribution in [1.82, 2.24) is 20.0 Å². The SMILES string of the molecule is COc1ccc(C2CC(=O)C(C)C(c3ccc(OC)cc3)N2OCCc2nc3ncccc3[nH]2)cc1. The molecule has 0 spiro atoms. The molecule has 2 aromatic carbocycles. The molecule has 36 heavy (non-hydrogen) atoms. The fourth-order valence-electron chi connectivity index (χ4n) is 4.82. The summed E-state index contributed by atoms with van der Waals surface area (Å²) in [5, 5.41) is 2.00. The molecular weight excluding hydrogens is 456 g/mol. The van der Waals surface area contributed by atoms with Crippen molar-refractivity contribution < 1.29 is 19.1 Å². The van der Waals surface area contributed by atoms with Gasteiger partial charge in [0.15, 0.2) is 5.65 Å². The van der Waals surface area contributed by atoms with Crippen LogP contribution in [-0.4, -0.2) is 46.6 Å². The largest absolute Gasteiger partial charge is 0.497 e. The molecule has 1 aliphatic heterocycles. The first-order valence-electron chi connectivity index (χ1n) is 12.1. The lowest BCUT2D eigenvalue weighted by Gasteiger charge is -2.44. The van der Waals surface area contributed by atoms with Crippen molar-refractivity contribution in [2.45, 2.75) is 31.8 Å². The standard InChI is InChI=1S/C28H30N4O4/c1-18-25(33)17-24(19-6-10-21(34-2)11-7-19)32(27(18)20-8-12-22(35-3)13-9-20)36-16-14-26-30-23-5-4-15-29-28(23)31-26/h4-13,15,18,24,27H,14,16-17H2,1-3H3,(H,29,30,31). The van der Waals surface area contributed by atoms with Crippen LogP contribution in [0, 0.1) is 5.92 Å². The number of fused-ring (bicyclic) bond motifs is 1. The average molecular weight is 487 g/mol. The van der Waals surface area contributed by atoms with Gasteiger partial charge in [-0.3, -0.25) is 9.63 Å². The maximum absolute atomic E-state index is 13.2. The highest BCUT2D eigenvalue weighted by Gasteiger charge is 2.42. The number of carbonyl (C=O) groups excluding carboxylic acids is 1. The Morgan fingerprint density at radius 1 is 0.972 bits per heavy atom. The predicted molar refractivity (Wildman–Crippen MR) is 136 cm³/mol. The van der Waals surface area contributed by atoms with Gasteiger partial charge < -0.3 is 14.5 Å². The minimum absolute atomic E-state index is 0.208. The lowest BCUT2D eigenvalue weighted by Crippen LogP contribution is -2.45. The zero-order valence-corrected chi connectivity index (χ0v) is 20.7. The van der Waals surface area contributed by atoms with Crippen LogP contribution in [0.15, 0.2) is 66.9 Å². The number of piperidine rings is 1. The Hall–Kier alpha value is -3.75. The molecule has 1 aliphatic rings. The predicted octanol–water partition coefficient (Wildman–Crippen LogP) is 4.84. The first-order valence-corrected chi connectivity index (χ1v) is 12.1. The number of hydroxylamine groups is 2. The van der Waals surface area contributed by atoms with Crippen LogP contribution < -0.4 is 9.47 Å². The fourth-order valence-corrected chi connectivity index (χ4v) is 4.82. The van der Waals surface area contributed by atoms with Crippen LogP contribution >= 0.6 is 0 Å². The molecule has 0 amide bonds. The van der Waals surface area contributed by atoms with Gasteiger partial charge in [-0.25, -0.2) is 9.97 Å². The van der Waals surface area contributed by atoms with Gasteiger partial charge in [0.25, 0.3) is 0 Å². The number of rotatable bonds is 8. The topological polar surface area (TPSA) is 89.6 Å². The van der Waals surface area contributed by atoms with Gasteiger partial charge >= 0.3 is 0 Å². The number of benzene rings is 2. The average Bonchev–Trinajstić information content (AvgIpc) is 3.34. The van der Waals surface area contributed by atoms with Gasteiger partial charge in [-0.05, 0) is 47.5 Å². The van der Waals surface area contributed by atoms with Crippen molar-refractivity contribution in [2.75, 3.05) is 20.8 Å². The third-order valence-electron chi connectivity index (χ3n) is 6.80. The van der Waals surface area contributed by atoms with Crippen molar-refractivity contribution >= 4 is 16.9 Å². The monoisotopic (exact) mass is 486 g/mol. The number of ketones is 1. The molecule has 3 unspecified atom stereocenters. The maximum atomic E-state index is 13.2. The van der Waals surface area contributed by atoms with Crippen LogP contribution in [0.5, 0.6) is 11.5 Å². The van der Waals surface area contributed by atoms with Crippen molar-refractivity contribution in [1.29, 1.82) is 0 Å². The second-order valence-electron chi connectivity index (χ2n) is 8.97. The Balaban J connectivity index is 1.44. The van der Waals surface area contributed by atoms with Gasteiger partial charge in [0.1, 0.15) is 23.1 Å². The summed E-state index contributed by atoms with van der Waals surface area (Å²) in [6.45, 7) is 2.38. The van der Waals surface area contributed by atoms with E-state index in [1.54, 1.807) is 20.4 Å². The quantitative estimate of drug-likeness (QED) is 0.381. The lowest BCUT2D eigenvalue weighted by atomic mass is 9.81. The summed E-state index contributed by atoms with van der Waals surface area (Å²) in [6, 6.07) is 19.0. The number of carbonyl (C=O) groups is 1. The molecular formula is C28H30N4O4. The zero-order chi connectivity index (χ0) is 25.1. The Labute approximate surface area is 210 Å². The number of ether oxygens (including phenoxy) is 2. The molecule has 5 rings (SSSR count). The summed E-state index contributed by atoms with van der Waals surface area (Å²) in [5.74, 6) is 2.33. The van der Waals surface area contributed by atoms with Crippen LogP contribution in [0.2, 0.25) is 0 Å². The number of nitrogens with zero attached hydrogens (tertiary/aromatic N) is 3. The molecule has 0 aliphatic carbocycles. The minimum Gasteiger partial charge on any atom is -0.497 e. The molecule has 1 saturated heterocycles. The second kappa shape index (κ2) is 10.5. The van der Waals surface area contributed by atoms with E-state index in [1.165, 1.54) is 0 Å². The van der Waals surface area contributed by atoms with E-state index in [-0.39, 0.29) is 23.8 Å². The van der Waals surface area contributed by atoms with E-state index in [9.17, 15) is 4.79 Å². The van der Waals surface area contributed by atoms with E-state index in [2.05, 4.69) is 15.0 Å². The number of hydrogen-bond acceptors (Lipinski definition) is 7. The lowest BCUT2D eigenvalue weighted by molar-refractivity contribution is -0.237. The van der Waals surface area contributed by atoms with Crippen molar-refractivity contribution in [2.24, 2.45) is 5.92 Å². The van der Waals surface area contributed by atoms with E-state index in [0.29, 0.717) is 25.1 Å². The molecule has 3 heterocycles. The Morgan fingerprint density at radius 3 is 2.28 bits per heavy atom. The number of pyridine rings is 1. The summed E-state index contributed by atoms with van der Waals surface area (Å²) in [7, 11) is 3.29. The van der Waals surface area contributed by atoms with Gasteiger partial charge in [-0.1, -0.05) is 31.2 Å². The maximum Gasteiger partial charge on any atom is 0.177 e. The molecule has 8 nitrogen and oxygen atoms in total. The Kier molecular flexibility index (Phi) is 6.97. The Bertz CT molecular complexity index is 1290. The van der Waals surface area contributed by atoms with Crippen LogP contribution in [0.4, 0.5) is 0 Å². The van der Waals surface area contributed by atoms with Crippen LogP contribution in [0.25, 0.3) is 11.2 Å². The molecule has 0 saturated carbocycles. The number of Topliss-reactive ketones (excluding diaryl/α,β-unsaturated/α-hetero) is 1. The number of aromatic amines is 1. The molecule has 0 bridgehead atoms. The highest BCUT2D eigenvalue weighted by atomic mass is 16.7. The van der Waals surface area contributed by atoms with E-state index in [1.807, 2.05) is 72.7 Å².